The minimum absolute atomic E-state index is 0.136. The van der Waals surface area contributed by atoms with Crippen molar-refractivity contribution in [3.8, 4) is 0 Å². The van der Waals surface area contributed by atoms with Gasteiger partial charge in [0, 0.05) is 13.0 Å². The first-order chi connectivity index (χ1) is 8.72. The van der Waals surface area contributed by atoms with E-state index in [9.17, 15) is 4.79 Å². The Labute approximate surface area is 108 Å². The fourth-order valence-corrected chi connectivity index (χ4v) is 4.37. The first kappa shape index (κ1) is 12.3. The SMILES string of the molecule is CCOC(=O)OC1CC2(CN1)CC1CCC2CC1. The van der Waals surface area contributed by atoms with Crippen LogP contribution in [-0.4, -0.2) is 25.5 Å². The van der Waals surface area contributed by atoms with E-state index in [1.165, 1.54) is 32.1 Å². The number of nitrogens with one attached hydrogen (secondary N) is 1. The molecule has 1 heterocycles. The van der Waals surface area contributed by atoms with E-state index in [1.807, 2.05) is 0 Å². The zero-order chi connectivity index (χ0) is 12.6. The highest BCUT2D eigenvalue weighted by Gasteiger charge is 2.51. The zero-order valence-electron chi connectivity index (χ0n) is 11.1. The quantitative estimate of drug-likeness (QED) is 0.769. The van der Waals surface area contributed by atoms with Crippen LogP contribution in [0.1, 0.15) is 45.4 Å². The molecule has 2 unspecified atom stereocenters. The van der Waals surface area contributed by atoms with Crippen molar-refractivity contribution in [2.75, 3.05) is 13.2 Å². The Kier molecular flexibility index (Phi) is 3.22. The van der Waals surface area contributed by atoms with E-state index in [2.05, 4.69) is 5.32 Å². The van der Waals surface area contributed by atoms with Crippen LogP contribution in [0.4, 0.5) is 4.79 Å². The topological polar surface area (TPSA) is 47.6 Å². The maximum Gasteiger partial charge on any atom is 0.509 e. The standard InChI is InChI=1S/C14H23NO3/c1-2-17-13(16)18-12-8-14(9-15-12)7-10-3-5-11(14)6-4-10/h10-12,15H,2-9H2,1H3. The van der Waals surface area contributed by atoms with Crippen molar-refractivity contribution in [2.24, 2.45) is 17.3 Å². The highest BCUT2D eigenvalue weighted by Crippen LogP contribution is 2.56. The minimum atomic E-state index is -0.534. The Morgan fingerprint density at radius 1 is 1.28 bits per heavy atom. The summed E-state index contributed by atoms with van der Waals surface area (Å²) in [7, 11) is 0. The molecule has 1 aliphatic heterocycles. The van der Waals surface area contributed by atoms with Crippen LogP contribution in [0.25, 0.3) is 0 Å². The van der Waals surface area contributed by atoms with Crippen molar-refractivity contribution in [3.05, 3.63) is 0 Å². The molecule has 1 N–H and O–H groups in total. The summed E-state index contributed by atoms with van der Waals surface area (Å²) in [6.45, 7) is 3.19. The molecule has 1 saturated heterocycles. The summed E-state index contributed by atoms with van der Waals surface area (Å²) in [6, 6.07) is 0. The summed E-state index contributed by atoms with van der Waals surface area (Å²) in [5.74, 6) is 1.75. The highest BCUT2D eigenvalue weighted by atomic mass is 16.7. The molecule has 1 spiro atoms. The molecular formula is C14H23NO3. The molecule has 0 aromatic carbocycles. The summed E-state index contributed by atoms with van der Waals surface area (Å²) in [5.41, 5.74) is 0.401. The molecule has 4 rings (SSSR count). The first-order valence-electron chi connectivity index (χ1n) is 7.28. The maximum atomic E-state index is 11.3. The molecule has 3 saturated carbocycles. The van der Waals surface area contributed by atoms with Gasteiger partial charge in [-0.2, -0.15) is 0 Å². The molecule has 2 atom stereocenters. The van der Waals surface area contributed by atoms with Gasteiger partial charge in [0.25, 0.3) is 0 Å². The number of rotatable bonds is 2. The lowest BCUT2D eigenvalue weighted by molar-refractivity contribution is -0.0112. The molecule has 4 nitrogen and oxygen atoms in total. The molecule has 0 aromatic heterocycles. The van der Waals surface area contributed by atoms with E-state index in [-0.39, 0.29) is 6.23 Å². The molecule has 0 aromatic rings. The normalized spacial score (nSPS) is 42.2. The number of carbonyl (C=O) groups excluding carboxylic acids is 1. The summed E-state index contributed by atoms with van der Waals surface area (Å²) < 4.78 is 10.2. The van der Waals surface area contributed by atoms with Crippen LogP contribution in [0.15, 0.2) is 0 Å². The average molecular weight is 253 g/mol. The Hall–Kier alpha value is -0.770. The predicted molar refractivity (Wildman–Crippen MR) is 67.0 cm³/mol. The number of carbonyl (C=O) groups is 1. The van der Waals surface area contributed by atoms with Gasteiger partial charge in [0.05, 0.1) is 6.61 Å². The van der Waals surface area contributed by atoms with Crippen molar-refractivity contribution in [1.82, 2.24) is 5.32 Å². The molecule has 2 bridgehead atoms. The maximum absolute atomic E-state index is 11.3. The van der Waals surface area contributed by atoms with Crippen LogP contribution in [0.2, 0.25) is 0 Å². The zero-order valence-corrected chi connectivity index (χ0v) is 11.1. The van der Waals surface area contributed by atoms with Crippen LogP contribution in [-0.2, 0) is 9.47 Å². The molecule has 0 radical (unpaired) electrons. The van der Waals surface area contributed by atoms with E-state index in [4.69, 9.17) is 9.47 Å². The molecule has 4 heteroatoms. The van der Waals surface area contributed by atoms with Gasteiger partial charge in [0.2, 0.25) is 0 Å². The molecular weight excluding hydrogens is 230 g/mol. The summed E-state index contributed by atoms with van der Waals surface area (Å²) >= 11 is 0. The summed E-state index contributed by atoms with van der Waals surface area (Å²) in [4.78, 5) is 11.3. The second kappa shape index (κ2) is 4.72. The van der Waals surface area contributed by atoms with Crippen LogP contribution in [0.3, 0.4) is 0 Å². The van der Waals surface area contributed by atoms with Gasteiger partial charge in [0.1, 0.15) is 0 Å². The fourth-order valence-electron chi connectivity index (χ4n) is 4.37. The van der Waals surface area contributed by atoms with E-state index >= 15 is 0 Å². The van der Waals surface area contributed by atoms with Gasteiger partial charge in [0.15, 0.2) is 6.23 Å². The van der Waals surface area contributed by atoms with Crippen molar-refractivity contribution in [1.29, 1.82) is 0 Å². The van der Waals surface area contributed by atoms with E-state index in [0.717, 1.165) is 24.8 Å². The fraction of sp³-hybridized carbons (Fsp3) is 0.929. The lowest BCUT2D eigenvalue weighted by atomic mass is 9.55. The Balaban J connectivity index is 1.59. The monoisotopic (exact) mass is 253 g/mol. The van der Waals surface area contributed by atoms with Gasteiger partial charge in [-0.1, -0.05) is 12.8 Å². The third-order valence-corrected chi connectivity index (χ3v) is 5.18. The number of hydrogen-bond acceptors (Lipinski definition) is 4. The third kappa shape index (κ3) is 2.11. The lowest BCUT2D eigenvalue weighted by Gasteiger charge is -2.49. The third-order valence-electron chi connectivity index (χ3n) is 5.18. The predicted octanol–water partition coefficient (Wildman–Crippen LogP) is 2.68. The lowest BCUT2D eigenvalue weighted by Crippen LogP contribution is -2.43. The Bertz CT molecular complexity index is 325. The van der Waals surface area contributed by atoms with Gasteiger partial charge in [-0.15, -0.1) is 0 Å². The van der Waals surface area contributed by atoms with Gasteiger partial charge in [-0.3, -0.25) is 5.32 Å². The van der Waals surface area contributed by atoms with Crippen LogP contribution >= 0.6 is 0 Å². The van der Waals surface area contributed by atoms with Crippen molar-refractivity contribution >= 4 is 6.16 Å². The first-order valence-corrected chi connectivity index (χ1v) is 7.28. The Morgan fingerprint density at radius 2 is 2.06 bits per heavy atom. The number of hydrogen-bond donors (Lipinski definition) is 1. The summed E-state index contributed by atoms with van der Waals surface area (Å²) in [5, 5.41) is 3.37. The van der Waals surface area contributed by atoms with Crippen LogP contribution in [0.5, 0.6) is 0 Å². The van der Waals surface area contributed by atoms with Gasteiger partial charge >= 0.3 is 6.16 Å². The van der Waals surface area contributed by atoms with Crippen LogP contribution < -0.4 is 5.32 Å². The van der Waals surface area contributed by atoms with Gasteiger partial charge in [-0.25, -0.2) is 4.79 Å². The smallest absolute Gasteiger partial charge is 0.435 e. The van der Waals surface area contributed by atoms with Crippen molar-refractivity contribution < 1.29 is 14.3 Å². The van der Waals surface area contributed by atoms with Crippen molar-refractivity contribution in [2.45, 2.75) is 51.7 Å². The molecule has 4 fully saturated rings. The highest BCUT2D eigenvalue weighted by molar-refractivity contribution is 5.60. The van der Waals surface area contributed by atoms with E-state index < -0.39 is 6.16 Å². The number of fused-ring (bicyclic) bond motifs is 2. The largest absolute Gasteiger partial charge is 0.509 e. The van der Waals surface area contributed by atoms with Crippen molar-refractivity contribution in [3.63, 3.8) is 0 Å². The molecule has 0 amide bonds. The molecule has 3 aliphatic carbocycles. The van der Waals surface area contributed by atoms with E-state index in [0.29, 0.717) is 12.0 Å². The second-order valence-corrected chi connectivity index (χ2v) is 6.16. The second-order valence-electron chi connectivity index (χ2n) is 6.16. The Morgan fingerprint density at radius 3 is 2.67 bits per heavy atom. The van der Waals surface area contributed by atoms with Gasteiger partial charge in [-0.05, 0) is 43.4 Å². The van der Waals surface area contributed by atoms with Gasteiger partial charge < -0.3 is 9.47 Å². The van der Waals surface area contributed by atoms with Crippen LogP contribution in [0, 0.1) is 17.3 Å². The van der Waals surface area contributed by atoms with E-state index in [1.54, 1.807) is 6.92 Å². The molecule has 102 valence electrons. The summed E-state index contributed by atoms with van der Waals surface area (Å²) in [6.07, 6.45) is 7.21. The minimum Gasteiger partial charge on any atom is -0.435 e. The number of ether oxygens (including phenoxy) is 2. The average Bonchev–Trinajstić information content (AvgIpc) is 2.74. The molecule has 18 heavy (non-hydrogen) atoms. The molecule has 4 aliphatic rings.